The molecule has 0 spiro atoms. The lowest BCUT2D eigenvalue weighted by Gasteiger charge is -2.33. The van der Waals surface area contributed by atoms with Crippen LogP contribution in [0, 0.1) is 17.8 Å². The van der Waals surface area contributed by atoms with Crippen molar-refractivity contribution >= 4 is 40.6 Å². The zero-order valence-corrected chi connectivity index (χ0v) is 19.8. The van der Waals surface area contributed by atoms with E-state index in [1.807, 2.05) is 32.1 Å². The molecule has 2 aliphatic carbocycles. The number of morpholine rings is 1. The molecule has 1 unspecified atom stereocenters. The summed E-state index contributed by atoms with van der Waals surface area (Å²) in [7, 11) is 0. The summed E-state index contributed by atoms with van der Waals surface area (Å²) in [5.41, 5.74) is 9.03. The van der Waals surface area contributed by atoms with E-state index in [0.717, 1.165) is 66.8 Å². The third kappa shape index (κ3) is 4.35. The number of hydrogen-bond donors (Lipinski definition) is 2. The Morgan fingerprint density at radius 1 is 1.26 bits per heavy atom. The van der Waals surface area contributed by atoms with Crippen LogP contribution < -0.4 is 11.1 Å². The smallest absolute Gasteiger partial charge is 0.229 e. The van der Waals surface area contributed by atoms with Crippen molar-refractivity contribution in [2.24, 2.45) is 22.7 Å². The van der Waals surface area contributed by atoms with Crippen LogP contribution in [0.5, 0.6) is 0 Å². The minimum Gasteiger partial charge on any atom is -0.383 e. The maximum atomic E-state index is 13.0. The van der Waals surface area contributed by atoms with Crippen LogP contribution in [0.15, 0.2) is 41.2 Å². The number of anilines is 2. The number of nitrogen functional groups attached to an aromatic ring is 1. The molecule has 1 amide bonds. The van der Waals surface area contributed by atoms with Gasteiger partial charge >= 0.3 is 0 Å². The molecule has 3 fully saturated rings. The average Bonchev–Trinajstić information content (AvgIpc) is 3.36. The number of allylic oxidation sites excluding steroid dienone is 3. The Labute approximate surface area is 200 Å². The Morgan fingerprint density at radius 3 is 2.71 bits per heavy atom. The highest BCUT2D eigenvalue weighted by molar-refractivity contribution is 5.98. The maximum Gasteiger partial charge on any atom is 0.229 e. The molecular formula is C26H32N6O2. The normalized spacial score (nSPS) is 27.5. The second-order valence-electron chi connectivity index (χ2n) is 9.61. The fourth-order valence-electron chi connectivity index (χ4n) is 5.58. The molecule has 34 heavy (non-hydrogen) atoms. The topological polar surface area (TPSA) is 106 Å². The molecule has 0 aromatic carbocycles. The van der Waals surface area contributed by atoms with Gasteiger partial charge in [0.2, 0.25) is 5.91 Å². The molecule has 2 saturated carbocycles. The molecule has 0 radical (unpaired) electrons. The zero-order valence-electron chi connectivity index (χ0n) is 19.8. The Morgan fingerprint density at radius 2 is 2.00 bits per heavy atom. The van der Waals surface area contributed by atoms with Crippen molar-refractivity contribution in [1.82, 2.24) is 14.9 Å². The van der Waals surface area contributed by atoms with Crippen LogP contribution >= 0.6 is 0 Å². The summed E-state index contributed by atoms with van der Waals surface area (Å²) < 4.78 is 5.47. The van der Waals surface area contributed by atoms with Gasteiger partial charge in [-0.1, -0.05) is 0 Å². The number of nitrogens with two attached hydrogens (primary N) is 1. The van der Waals surface area contributed by atoms with E-state index in [1.54, 1.807) is 12.4 Å². The second kappa shape index (κ2) is 9.27. The number of fused-ring (bicyclic) bond motifs is 2. The number of aliphatic imine (C=N–C) groups is 1. The van der Waals surface area contributed by atoms with Crippen LogP contribution in [0.3, 0.4) is 0 Å². The van der Waals surface area contributed by atoms with Gasteiger partial charge in [-0.2, -0.15) is 0 Å². The molecule has 178 valence electrons. The minimum atomic E-state index is 0.0820. The van der Waals surface area contributed by atoms with Crippen LogP contribution in [0.2, 0.25) is 0 Å². The lowest BCUT2D eigenvalue weighted by atomic mass is 10.0. The van der Waals surface area contributed by atoms with Crippen LogP contribution in [0.25, 0.3) is 16.3 Å². The number of amides is 1. The van der Waals surface area contributed by atoms with E-state index in [4.69, 9.17) is 10.5 Å². The van der Waals surface area contributed by atoms with Gasteiger partial charge in [0.15, 0.2) is 0 Å². The van der Waals surface area contributed by atoms with Crippen molar-refractivity contribution < 1.29 is 9.53 Å². The number of carbonyl (C=O) groups excluding carboxylic acids is 1. The largest absolute Gasteiger partial charge is 0.383 e. The average molecular weight is 461 g/mol. The van der Waals surface area contributed by atoms with Crippen LogP contribution in [-0.4, -0.2) is 59.8 Å². The summed E-state index contributed by atoms with van der Waals surface area (Å²) in [5.74, 6) is 2.14. The van der Waals surface area contributed by atoms with E-state index in [1.165, 1.54) is 0 Å². The molecule has 2 aromatic rings. The van der Waals surface area contributed by atoms with Gasteiger partial charge in [-0.3, -0.25) is 14.7 Å². The Kier molecular flexibility index (Phi) is 6.18. The highest BCUT2D eigenvalue weighted by Crippen LogP contribution is 2.58. The molecule has 5 rings (SSSR count). The fraction of sp³-hybridized carbons (Fsp3) is 0.462. The minimum absolute atomic E-state index is 0.0820. The van der Waals surface area contributed by atoms with Gasteiger partial charge in [0.25, 0.3) is 0 Å². The lowest BCUT2D eigenvalue weighted by molar-refractivity contribution is -0.118. The van der Waals surface area contributed by atoms with Gasteiger partial charge in [-0.05, 0) is 80.0 Å². The molecule has 0 bridgehead atoms. The number of nitrogens with zero attached hydrogens (tertiary/aromatic N) is 4. The maximum absolute atomic E-state index is 13.0. The number of ether oxygens (including phenoxy) is 1. The predicted octanol–water partition coefficient (Wildman–Crippen LogP) is 3.52. The number of nitrogens with one attached hydrogen (secondary N) is 1. The summed E-state index contributed by atoms with van der Waals surface area (Å²) in [4.78, 5) is 28.3. The van der Waals surface area contributed by atoms with E-state index in [9.17, 15) is 4.79 Å². The van der Waals surface area contributed by atoms with Gasteiger partial charge in [0.05, 0.1) is 18.9 Å². The molecule has 1 aliphatic heterocycles. The van der Waals surface area contributed by atoms with Crippen molar-refractivity contribution in [2.75, 3.05) is 37.4 Å². The molecule has 3 N–H and O–H groups in total. The van der Waals surface area contributed by atoms with Gasteiger partial charge < -0.3 is 15.8 Å². The van der Waals surface area contributed by atoms with Crippen LogP contribution in [0.4, 0.5) is 11.6 Å². The third-order valence-electron chi connectivity index (χ3n) is 7.69. The highest BCUT2D eigenvalue weighted by Gasteiger charge is 2.60. The first-order chi connectivity index (χ1) is 16.5. The first-order valence-electron chi connectivity index (χ1n) is 12.0. The van der Waals surface area contributed by atoms with Crippen molar-refractivity contribution in [3.63, 3.8) is 0 Å². The number of pyridine rings is 2. The summed E-state index contributed by atoms with van der Waals surface area (Å²) in [5, 5.41) is 4.72. The molecule has 2 aromatic heterocycles. The summed E-state index contributed by atoms with van der Waals surface area (Å²) >= 11 is 0. The van der Waals surface area contributed by atoms with Crippen LogP contribution in [-0.2, 0) is 9.53 Å². The van der Waals surface area contributed by atoms with Crippen molar-refractivity contribution in [3.8, 4) is 0 Å². The molecular weight excluding hydrogens is 428 g/mol. The molecule has 3 heterocycles. The zero-order chi connectivity index (χ0) is 23.8. The SMILES string of the molecule is C=N/C=C\C(C)=C(/C)c1cc2cc(NC(=O)[C@H]3[C@@H]4CC(N5CCOCC5)C[C@@H]43)ncc2c(N)n1. The lowest BCUT2D eigenvalue weighted by Crippen LogP contribution is -2.43. The van der Waals surface area contributed by atoms with Gasteiger partial charge in [-0.25, -0.2) is 9.97 Å². The molecule has 3 aliphatic rings. The number of rotatable bonds is 6. The fourth-order valence-corrected chi connectivity index (χ4v) is 5.58. The van der Waals surface area contributed by atoms with E-state index in [-0.39, 0.29) is 11.8 Å². The van der Waals surface area contributed by atoms with E-state index in [0.29, 0.717) is 29.5 Å². The van der Waals surface area contributed by atoms with Gasteiger partial charge in [0, 0.05) is 42.8 Å². The predicted molar refractivity (Wildman–Crippen MR) is 135 cm³/mol. The first-order valence-corrected chi connectivity index (χ1v) is 12.0. The van der Waals surface area contributed by atoms with Gasteiger partial charge in [-0.15, -0.1) is 0 Å². The van der Waals surface area contributed by atoms with Crippen molar-refractivity contribution in [3.05, 3.63) is 41.9 Å². The van der Waals surface area contributed by atoms with E-state index >= 15 is 0 Å². The summed E-state index contributed by atoms with van der Waals surface area (Å²) in [6.45, 7) is 11.1. The number of hydrogen-bond acceptors (Lipinski definition) is 7. The Bertz CT molecular complexity index is 1170. The summed E-state index contributed by atoms with van der Waals surface area (Å²) in [6, 6.07) is 4.47. The molecule has 8 nitrogen and oxygen atoms in total. The summed E-state index contributed by atoms with van der Waals surface area (Å²) in [6.07, 6.45) is 7.45. The second-order valence-corrected chi connectivity index (χ2v) is 9.61. The molecule has 1 saturated heterocycles. The standard InChI is InChI=1S/C26H32N6O2/c1-15(4-5-28-3)16(2)22-10-17-11-23(29-14-21(17)25(27)30-22)31-26(33)24-19-12-18(13-20(19)24)32-6-8-34-9-7-32/h4-5,10-11,14,18-20,24H,3,6-9,12-13H2,1-2H3,(H2,27,30)(H,29,31,33)/b5-4-,16-15+/t18?,19-,20+,24+. The molecule has 8 heteroatoms. The number of carbonyl (C=O) groups is 1. The van der Waals surface area contributed by atoms with Crippen LogP contribution in [0.1, 0.15) is 32.4 Å². The first kappa shape index (κ1) is 22.7. The molecule has 4 atom stereocenters. The monoisotopic (exact) mass is 460 g/mol. The Balaban J connectivity index is 1.28. The van der Waals surface area contributed by atoms with Crippen molar-refractivity contribution in [2.45, 2.75) is 32.7 Å². The van der Waals surface area contributed by atoms with Crippen molar-refractivity contribution in [1.29, 1.82) is 0 Å². The van der Waals surface area contributed by atoms with E-state index in [2.05, 4.69) is 31.9 Å². The van der Waals surface area contributed by atoms with E-state index < -0.39 is 0 Å². The quantitative estimate of drug-likeness (QED) is 0.505. The number of aromatic nitrogens is 2. The highest BCUT2D eigenvalue weighted by atomic mass is 16.5. The van der Waals surface area contributed by atoms with Gasteiger partial charge in [0.1, 0.15) is 11.6 Å². The Hall–Kier alpha value is -3.10. The third-order valence-corrected chi connectivity index (χ3v) is 7.69.